The summed E-state index contributed by atoms with van der Waals surface area (Å²) in [6.07, 6.45) is 3.45. The first-order valence-corrected chi connectivity index (χ1v) is 6.75. The first-order valence-electron chi connectivity index (χ1n) is 6.75. The number of amides is 1. The first kappa shape index (κ1) is 14.3. The number of hydrogen-bond acceptors (Lipinski definition) is 3. The molecule has 1 aromatic heterocycles. The van der Waals surface area contributed by atoms with Crippen LogP contribution in [0, 0.1) is 5.92 Å². The fraction of sp³-hybridized carbons (Fsp3) is 0.333. The van der Waals surface area contributed by atoms with Crippen LogP contribution in [0.5, 0.6) is 0 Å². The highest BCUT2D eigenvalue weighted by Crippen LogP contribution is 2.20. The van der Waals surface area contributed by atoms with Gasteiger partial charge in [0.2, 0.25) is 5.91 Å². The highest BCUT2D eigenvalue weighted by Gasteiger charge is 2.22. The number of hydrogen-bond donors (Lipinski definition) is 2. The zero-order chi connectivity index (χ0) is 14.5. The zero-order valence-corrected chi connectivity index (χ0v) is 11.8. The molecule has 5 heteroatoms. The molecule has 0 saturated carbocycles. The van der Waals surface area contributed by atoms with E-state index < -0.39 is 0 Å². The van der Waals surface area contributed by atoms with E-state index in [4.69, 9.17) is 5.73 Å². The van der Waals surface area contributed by atoms with Crippen molar-refractivity contribution < 1.29 is 4.79 Å². The average molecular weight is 272 g/mol. The third kappa shape index (κ3) is 3.24. The summed E-state index contributed by atoms with van der Waals surface area (Å²) in [5.41, 5.74) is 7.80. The molecule has 5 nitrogen and oxygen atoms in total. The summed E-state index contributed by atoms with van der Waals surface area (Å²) >= 11 is 0. The smallest absolute Gasteiger partial charge is 0.229 e. The number of aromatic nitrogens is 2. The minimum Gasteiger partial charge on any atom is -0.323 e. The van der Waals surface area contributed by atoms with Gasteiger partial charge in [0.15, 0.2) is 0 Å². The van der Waals surface area contributed by atoms with Gasteiger partial charge in [-0.25, -0.2) is 0 Å². The predicted molar refractivity (Wildman–Crippen MR) is 79.1 cm³/mol. The lowest BCUT2D eigenvalue weighted by Gasteiger charge is -2.19. The third-order valence-corrected chi connectivity index (χ3v) is 3.36. The van der Waals surface area contributed by atoms with Gasteiger partial charge in [0.25, 0.3) is 0 Å². The van der Waals surface area contributed by atoms with Crippen LogP contribution in [0.1, 0.15) is 25.5 Å². The van der Waals surface area contributed by atoms with E-state index in [1.165, 1.54) is 0 Å². The first-order chi connectivity index (χ1) is 9.61. The molecule has 0 fully saturated rings. The Balaban J connectivity index is 2.01. The van der Waals surface area contributed by atoms with E-state index in [9.17, 15) is 4.79 Å². The minimum atomic E-state index is -0.322. The molecule has 1 aromatic carbocycles. The lowest BCUT2D eigenvalue weighted by Crippen LogP contribution is -2.30. The molecule has 2 unspecified atom stereocenters. The van der Waals surface area contributed by atoms with Crippen molar-refractivity contribution in [3.05, 3.63) is 48.3 Å². The van der Waals surface area contributed by atoms with Crippen LogP contribution < -0.4 is 11.1 Å². The van der Waals surface area contributed by atoms with Crippen LogP contribution in [0.2, 0.25) is 0 Å². The number of nitrogens with two attached hydrogens (primary N) is 1. The third-order valence-electron chi connectivity index (χ3n) is 3.36. The molecule has 2 atom stereocenters. The summed E-state index contributed by atoms with van der Waals surface area (Å²) in [7, 11) is 0. The van der Waals surface area contributed by atoms with Crippen molar-refractivity contribution in [2.24, 2.45) is 11.7 Å². The molecule has 2 rings (SSSR count). The summed E-state index contributed by atoms with van der Waals surface area (Å²) in [5, 5.41) is 6.97. The highest BCUT2D eigenvalue weighted by atomic mass is 16.1. The number of rotatable bonds is 5. The fourth-order valence-electron chi connectivity index (χ4n) is 1.98. The Morgan fingerprint density at radius 3 is 2.70 bits per heavy atom. The molecule has 0 spiro atoms. The maximum Gasteiger partial charge on any atom is 0.229 e. The maximum atomic E-state index is 12.2. The largest absolute Gasteiger partial charge is 0.323 e. The molecule has 106 valence electrons. The molecule has 1 heterocycles. The van der Waals surface area contributed by atoms with Gasteiger partial charge in [0.1, 0.15) is 0 Å². The number of aryl methyl sites for hydroxylation is 1. The lowest BCUT2D eigenvalue weighted by atomic mass is 9.95. The van der Waals surface area contributed by atoms with Gasteiger partial charge in [-0.2, -0.15) is 5.10 Å². The number of carbonyl (C=O) groups is 1. The molecule has 2 aromatic rings. The minimum absolute atomic E-state index is 0.1000. The number of benzene rings is 1. The summed E-state index contributed by atoms with van der Waals surface area (Å²) < 4.78 is 1.76. The van der Waals surface area contributed by atoms with Crippen LogP contribution in [-0.2, 0) is 11.3 Å². The van der Waals surface area contributed by atoms with E-state index in [1.54, 1.807) is 17.1 Å². The predicted octanol–water partition coefficient (Wildman–Crippen LogP) is 2.18. The standard InChI is InChI=1S/C15H20N4O/c1-3-19-10-13(9-17-19)18-15(20)11(2)14(16)12-7-5-4-6-8-12/h4-11,14H,3,16H2,1-2H3,(H,18,20). The van der Waals surface area contributed by atoms with Crippen molar-refractivity contribution in [1.82, 2.24) is 9.78 Å². The summed E-state index contributed by atoms with van der Waals surface area (Å²) in [5.74, 6) is -0.417. The van der Waals surface area contributed by atoms with Crippen molar-refractivity contribution in [1.29, 1.82) is 0 Å². The van der Waals surface area contributed by atoms with Crippen molar-refractivity contribution in [3.8, 4) is 0 Å². The van der Waals surface area contributed by atoms with Crippen molar-refractivity contribution in [3.63, 3.8) is 0 Å². The van der Waals surface area contributed by atoms with Gasteiger partial charge in [-0.05, 0) is 12.5 Å². The van der Waals surface area contributed by atoms with Gasteiger partial charge in [0, 0.05) is 18.8 Å². The lowest BCUT2D eigenvalue weighted by molar-refractivity contribution is -0.120. The van der Waals surface area contributed by atoms with E-state index in [2.05, 4.69) is 10.4 Å². The molecule has 0 saturated heterocycles. The number of nitrogens with one attached hydrogen (secondary N) is 1. The van der Waals surface area contributed by atoms with E-state index in [0.717, 1.165) is 12.1 Å². The normalized spacial score (nSPS) is 13.8. The molecule has 3 N–H and O–H groups in total. The Morgan fingerprint density at radius 2 is 2.10 bits per heavy atom. The van der Waals surface area contributed by atoms with E-state index in [0.29, 0.717) is 5.69 Å². The van der Waals surface area contributed by atoms with Crippen LogP contribution in [0.15, 0.2) is 42.7 Å². The van der Waals surface area contributed by atoms with E-state index >= 15 is 0 Å². The average Bonchev–Trinajstić information content (AvgIpc) is 2.94. The molecular weight excluding hydrogens is 252 g/mol. The molecule has 0 radical (unpaired) electrons. The van der Waals surface area contributed by atoms with E-state index in [-0.39, 0.29) is 17.9 Å². The van der Waals surface area contributed by atoms with Crippen LogP contribution in [0.3, 0.4) is 0 Å². The van der Waals surface area contributed by atoms with Gasteiger partial charge in [-0.3, -0.25) is 9.48 Å². The molecule has 0 aliphatic rings. The molecule has 0 aliphatic carbocycles. The maximum absolute atomic E-state index is 12.2. The van der Waals surface area contributed by atoms with Gasteiger partial charge in [-0.1, -0.05) is 37.3 Å². The molecule has 0 aliphatic heterocycles. The topological polar surface area (TPSA) is 72.9 Å². The molecule has 0 bridgehead atoms. The number of anilines is 1. The zero-order valence-electron chi connectivity index (χ0n) is 11.8. The van der Waals surface area contributed by atoms with Crippen LogP contribution in [-0.4, -0.2) is 15.7 Å². The Labute approximate surface area is 118 Å². The Kier molecular flexibility index (Phi) is 4.53. The quantitative estimate of drug-likeness (QED) is 0.876. The van der Waals surface area contributed by atoms with Crippen molar-refractivity contribution in [2.75, 3.05) is 5.32 Å². The SMILES string of the molecule is CCn1cc(NC(=O)C(C)C(N)c2ccccc2)cn1. The van der Waals surface area contributed by atoms with Crippen molar-refractivity contribution >= 4 is 11.6 Å². The second kappa shape index (κ2) is 6.34. The van der Waals surface area contributed by atoms with Crippen LogP contribution in [0.25, 0.3) is 0 Å². The summed E-state index contributed by atoms with van der Waals surface area (Å²) in [6, 6.07) is 9.32. The number of nitrogens with zero attached hydrogens (tertiary/aromatic N) is 2. The number of carbonyl (C=O) groups excluding carboxylic acids is 1. The molecular formula is C15H20N4O. The Morgan fingerprint density at radius 1 is 1.40 bits per heavy atom. The monoisotopic (exact) mass is 272 g/mol. The van der Waals surface area contributed by atoms with Crippen LogP contribution in [0.4, 0.5) is 5.69 Å². The van der Waals surface area contributed by atoms with Gasteiger partial charge >= 0.3 is 0 Å². The summed E-state index contributed by atoms with van der Waals surface area (Å²) in [4.78, 5) is 12.2. The Bertz CT molecular complexity index is 564. The Hall–Kier alpha value is -2.14. The van der Waals surface area contributed by atoms with Gasteiger partial charge in [0.05, 0.1) is 17.8 Å². The summed E-state index contributed by atoms with van der Waals surface area (Å²) in [6.45, 7) is 4.60. The fourth-order valence-corrected chi connectivity index (χ4v) is 1.98. The van der Waals surface area contributed by atoms with Gasteiger partial charge in [-0.15, -0.1) is 0 Å². The second-order valence-corrected chi connectivity index (χ2v) is 4.80. The molecule has 20 heavy (non-hydrogen) atoms. The highest BCUT2D eigenvalue weighted by molar-refractivity contribution is 5.92. The second-order valence-electron chi connectivity index (χ2n) is 4.80. The van der Waals surface area contributed by atoms with Gasteiger partial charge < -0.3 is 11.1 Å². The van der Waals surface area contributed by atoms with E-state index in [1.807, 2.05) is 44.2 Å². The van der Waals surface area contributed by atoms with Crippen molar-refractivity contribution in [2.45, 2.75) is 26.4 Å². The van der Waals surface area contributed by atoms with Crippen LogP contribution >= 0.6 is 0 Å². The molecule has 1 amide bonds.